The van der Waals surface area contributed by atoms with Crippen LogP contribution >= 0.6 is 11.6 Å². The number of nitrogens with one attached hydrogen (secondary N) is 1. The number of sulfone groups is 1. The Morgan fingerprint density at radius 2 is 2.04 bits per heavy atom. The molecule has 1 aromatic carbocycles. The summed E-state index contributed by atoms with van der Waals surface area (Å²) in [5.74, 6) is -0.868. The fourth-order valence-corrected chi connectivity index (χ4v) is 2.74. The topological polar surface area (TPSA) is 103 Å². The zero-order valence-corrected chi connectivity index (χ0v) is 15.1. The highest BCUT2D eigenvalue weighted by molar-refractivity contribution is 7.90. The van der Waals surface area contributed by atoms with Crippen LogP contribution < -0.4 is 5.32 Å². The number of benzene rings is 1. The number of carbonyl (C=O) groups is 2. The standard InChI is InChI=1S/C16H16ClNO6S/c1-10(15(19)18-9-11-4-3-7-23-11)24-16(20)13-8-12(25(2,21)22)5-6-14(13)17/h3-8,10H,9H2,1-2H3,(H,18,19)/t10-/m0/s1. The van der Waals surface area contributed by atoms with Gasteiger partial charge in [-0.1, -0.05) is 11.6 Å². The highest BCUT2D eigenvalue weighted by Crippen LogP contribution is 2.22. The highest BCUT2D eigenvalue weighted by atomic mass is 35.5. The predicted octanol–water partition coefficient (Wildman–Crippen LogP) is 2.20. The van der Waals surface area contributed by atoms with Crippen LogP contribution in [0.15, 0.2) is 45.9 Å². The molecule has 7 nitrogen and oxygen atoms in total. The van der Waals surface area contributed by atoms with Crippen molar-refractivity contribution in [2.75, 3.05) is 6.26 Å². The summed E-state index contributed by atoms with van der Waals surface area (Å²) in [6.45, 7) is 1.54. The van der Waals surface area contributed by atoms with Gasteiger partial charge in [-0.2, -0.15) is 0 Å². The van der Waals surface area contributed by atoms with Crippen molar-refractivity contribution in [1.29, 1.82) is 0 Å². The number of furan rings is 1. The monoisotopic (exact) mass is 385 g/mol. The molecular formula is C16H16ClNO6S. The van der Waals surface area contributed by atoms with E-state index in [1.54, 1.807) is 12.1 Å². The molecule has 1 heterocycles. The molecule has 134 valence electrons. The summed E-state index contributed by atoms with van der Waals surface area (Å²) in [4.78, 5) is 24.1. The predicted molar refractivity (Wildman–Crippen MR) is 90.0 cm³/mol. The minimum absolute atomic E-state index is 0.0283. The van der Waals surface area contributed by atoms with Gasteiger partial charge in [-0.05, 0) is 37.3 Å². The third-order valence-electron chi connectivity index (χ3n) is 3.26. The number of ether oxygens (including phenoxy) is 1. The molecule has 0 spiro atoms. The second-order valence-corrected chi connectivity index (χ2v) is 7.68. The molecule has 2 rings (SSSR count). The Hall–Kier alpha value is -2.32. The molecule has 0 fully saturated rings. The molecule has 25 heavy (non-hydrogen) atoms. The van der Waals surface area contributed by atoms with Gasteiger partial charge in [-0.25, -0.2) is 13.2 Å². The van der Waals surface area contributed by atoms with E-state index in [0.29, 0.717) is 5.76 Å². The lowest BCUT2D eigenvalue weighted by Gasteiger charge is -2.14. The summed E-state index contributed by atoms with van der Waals surface area (Å²) >= 11 is 5.92. The highest BCUT2D eigenvalue weighted by Gasteiger charge is 2.22. The Morgan fingerprint density at radius 1 is 1.32 bits per heavy atom. The molecule has 0 saturated carbocycles. The average molecular weight is 386 g/mol. The van der Waals surface area contributed by atoms with Gasteiger partial charge < -0.3 is 14.5 Å². The van der Waals surface area contributed by atoms with Gasteiger partial charge >= 0.3 is 5.97 Å². The molecule has 9 heteroatoms. The maximum Gasteiger partial charge on any atom is 0.340 e. The molecule has 0 unspecified atom stereocenters. The van der Waals surface area contributed by atoms with Crippen molar-refractivity contribution in [1.82, 2.24) is 5.32 Å². The fraction of sp³-hybridized carbons (Fsp3) is 0.250. The maximum absolute atomic E-state index is 12.2. The maximum atomic E-state index is 12.2. The Labute approximate surface area is 149 Å². The minimum atomic E-state index is -3.51. The van der Waals surface area contributed by atoms with E-state index in [2.05, 4.69) is 5.32 Å². The molecular weight excluding hydrogens is 370 g/mol. The van der Waals surface area contributed by atoms with Crippen LogP contribution in [0.3, 0.4) is 0 Å². The van der Waals surface area contributed by atoms with Crippen LogP contribution in [0, 0.1) is 0 Å². The smallest absolute Gasteiger partial charge is 0.340 e. The van der Waals surface area contributed by atoms with Gasteiger partial charge in [0, 0.05) is 6.26 Å². The molecule has 0 aliphatic rings. The Balaban J connectivity index is 2.04. The number of halogens is 1. The summed E-state index contributed by atoms with van der Waals surface area (Å²) in [6.07, 6.45) is 1.39. The van der Waals surface area contributed by atoms with Gasteiger partial charge in [0.15, 0.2) is 15.9 Å². The fourth-order valence-electron chi connectivity index (χ4n) is 1.90. The molecule has 0 aliphatic carbocycles. The summed E-state index contributed by atoms with van der Waals surface area (Å²) < 4.78 is 33.3. The van der Waals surface area contributed by atoms with E-state index in [1.807, 2.05) is 0 Å². The second-order valence-electron chi connectivity index (χ2n) is 5.26. The molecule has 1 aromatic heterocycles. The average Bonchev–Trinajstić information content (AvgIpc) is 3.05. The summed E-state index contributed by atoms with van der Waals surface area (Å²) in [7, 11) is -3.51. The van der Waals surface area contributed by atoms with Crippen molar-refractivity contribution in [2.24, 2.45) is 0 Å². The first-order valence-electron chi connectivity index (χ1n) is 7.19. The van der Waals surface area contributed by atoms with E-state index in [4.69, 9.17) is 20.8 Å². The van der Waals surface area contributed by atoms with Crippen LogP contribution in [0.5, 0.6) is 0 Å². The van der Waals surface area contributed by atoms with E-state index in [9.17, 15) is 18.0 Å². The zero-order chi connectivity index (χ0) is 18.6. The van der Waals surface area contributed by atoms with E-state index in [0.717, 1.165) is 12.3 Å². The Bertz CT molecular complexity index is 876. The Morgan fingerprint density at radius 3 is 2.64 bits per heavy atom. The van der Waals surface area contributed by atoms with E-state index >= 15 is 0 Å². The zero-order valence-electron chi connectivity index (χ0n) is 13.5. The second kappa shape index (κ2) is 7.71. The minimum Gasteiger partial charge on any atom is -0.467 e. The largest absolute Gasteiger partial charge is 0.467 e. The van der Waals surface area contributed by atoms with Crippen molar-refractivity contribution in [3.8, 4) is 0 Å². The van der Waals surface area contributed by atoms with Crippen LogP contribution in [0.2, 0.25) is 5.02 Å². The SMILES string of the molecule is C[C@H](OC(=O)c1cc(S(C)(=O)=O)ccc1Cl)C(=O)NCc1ccco1. The van der Waals surface area contributed by atoms with Crippen LogP contribution in [-0.2, 0) is 25.9 Å². The number of hydrogen-bond donors (Lipinski definition) is 1. The van der Waals surface area contributed by atoms with Gasteiger partial charge in [0.05, 0.1) is 28.3 Å². The first-order chi connectivity index (χ1) is 11.7. The summed E-state index contributed by atoms with van der Waals surface area (Å²) in [5, 5.41) is 2.58. The van der Waals surface area contributed by atoms with Crippen LogP contribution in [0.25, 0.3) is 0 Å². The molecule has 0 aliphatic heterocycles. The number of carbonyl (C=O) groups excluding carboxylic acids is 2. The first-order valence-corrected chi connectivity index (χ1v) is 9.46. The van der Waals surface area contributed by atoms with Crippen LogP contribution in [0.4, 0.5) is 0 Å². The summed E-state index contributed by atoms with van der Waals surface area (Å²) in [5.41, 5.74) is -0.129. The van der Waals surface area contributed by atoms with Gasteiger partial charge in [0.25, 0.3) is 5.91 Å². The van der Waals surface area contributed by atoms with Crippen molar-refractivity contribution < 1.29 is 27.2 Å². The molecule has 2 aromatic rings. The van der Waals surface area contributed by atoms with Gasteiger partial charge in [0.1, 0.15) is 5.76 Å². The van der Waals surface area contributed by atoms with E-state index < -0.39 is 27.8 Å². The lowest BCUT2D eigenvalue weighted by molar-refractivity contribution is -0.129. The molecule has 1 atom stereocenters. The van der Waals surface area contributed by atoms with Gasteiger partial charge in [0.2, 0.25) is 0 Å². The molecule has 0 saturated heterocycles. The van der Waals surface area contributed by atoms with Crippen molar-refractivity contribution in [3.05, 3.63) is 52.9 Å². The number of esters is 1. The lowest BCUT2D eigenvalue weighted by atomic mass is 10.2. The summed E-state index contributed by atoms with van der Waals surface area (Å²) in [6, 6.07) is 7.06. The number of rotatable bonds is 6. The van der Waals surface area contributed by atoms with Crippen LogP contribution in [0.1, 0.15) is 23.0 Å². The third kappa shape index (κ3) is 5.07. The third-order valence-corrected chi connectivity index (χ3v) is 4.70. The number of hydrogen-bond acceptors (Lipinski definition) is 6. The first kappa shape index (κ1) is 19.0. The van der Waals surface area contributed by atoms with Gasteiger partial charge in [-0.15, -0.1) is 0 Å². The van der Waals surface area contributed by atoms with Gasteiger partial charge in [-0.3, -0.25) is 4.79 Å². The quantitative estimate of drug-likeness (QED) is 0.764. The molecule has 0 bridgehead atoms. The number of amides is 1. The van der Waals surface area contributed by atoms with E-state index in [-0.39, 0.29) is 22.0 Å². The van der Waals surface area contributed by atoms with Crippen molar-refractivity contribution in [3.63, 3.8) is 0 Å². The van der Waals surface area contributed by atoms with Crippen LogP contribution in [-0.4, -0.2) is 32.7 Å². The van der Waals surface area contributed by atoms with Crippen molar-refractivity contribution in [2.45, 2.75) is 24.5 Å². The molecule has 1 N–H and O–H groups in total. The lowest BCUT2D eigenvalue weighted by Crippen LogP contribution is -2.35. The Kier molecular flexibility index (Phi) is 5.86. The normalized spacial score (nSPS) is 12.4. The van der Waals surface area contributed by atoms with E-state index in [1.165, 1.54) is 25.3 Å². The molecule has 1 amide bonds. The van der Waals surface area contributed by atoms with Crippen molar-refractivity contribution >= 4 is 33.3 Å². The molecule has 0 radical (unpaired) electrons.